The van der Waals surface area contributed by atoms with Crippen molar-refractivity contribution in [3.63, 3.8) is 0 Å². The molecule has 1 atom stereocenters. The van der Waals surface area contributed by atoms with Crippen molar-refractivity contribution in [1.82, 2.24) is 0 Å². The number of anilines is 1. The summed E-state index contributed by atoms with van der Waals surface area (Å²) in [5.41, 5.74) is -0.0546. The van der Waals surface area contributed by atoms with Crippen LogP contribution in [0.4, 0.5) is 5.69 Å². The van der Waals surface area contributed by atoms with Crippen molar-refractivity contribution in [3.05, 3.63) is 36.4 Å². The van der Waals surface area contributed by atoms with E-state index in [1.165, 1.54) is 0 Å². The molecular weight excluding hydrogens is 314 g/mol. The van der Waals surface area contributed by atoms with Gasteiger partial charge in [-0.3, -0.25) is 4.79 Å². The highest BCUT2D eigenvalue weighted by molar-refractivity contribution is 6.06. The van der Waals surface area contributed by atoms with Crippen LogP contribution in [0.25, 0.3) is 10.8 Å². The molecule has 0 aromatic heterocycles. The molecule has 0 heterocycles. The molecule has 0 aliphatic rings. The van der Waals surface area contributed by atoms with Gasteiger partial charge in [0, 0.05) is 23.6 Å². The summed E-state index contributed by atoms with van der Waals surface area (Å²) < 4.78 is 11.4. The number of ether oxygens (including phenoxy) is 2. The Kier molecular flexibility index (Phi) is 6.43. The van der Waals surface area contributed by atoms with E-state index in [9.17, 15) is 4.79 Å². The molecule has 0 radical (unpaired) electrons. The molecule has 136 valence electrons. The highest BCUT2D eigenvalue weighted by Crippen LogP contribution is 2.33. The molecule has 2 aromatic carbocycles. The Labute approximate surface area is 150 Å². The zero-order valence-corrected chi connectivity index (χ0v) is 15.9. The van der Waals surface area contributed by atoms with Crippen LogP contribution in [0.5, 0.6) is 5.75 Å². The monoisotopic (exact) mass is 343 g/mol. The molecule has 1 amide bonds. The number of nitrogens with one attached hydrogen (secondary N) is 1. The number of amides is 1. The highest BCUT2D eigenvalue weighted by atomic mass is 16.5. The fraction of sp³-hybridized carbons (Fsp3) is 0.476. The predicted molar refractivity (Wildman–Crippen MR) is 103 cm³/mol. The van der Waals surface area contributed by atoms with E-state index in [4.69, 9.17) is 9.47 Å². The normalized spacial score (nSPS) is 13.7. The first-order valence-electron chi connectivity index (χ1n) is 8.96. The van der Waals surface area contributed by atoms with Crippen LogP contribution < -0.4 is 10.1 Å². The summed E-state index contributed by atoms with van der Waals surface area (Å²) >= 11 is 0. The van der Waals surface area contributed by atoms with Crippen molar-refractivity contribution < 1.29 is 14.3 Å². The van der Waals surface area contributed by atoms with Crippen molar-refractivity contribution in [2.24, 2.45) is 0 Å². The zero-order chi connectivity index (χ0) is 18.4. The van der Waals surface area contributed by atoms with Crippen LogP contribution in [0.2, 0.25) is 0 Å². The van der Waals surface area contributed by atoms with Crippen molar-refractivity contribution >= 4 is 22.4 Å². The lowest BCUT2D eigenvalue weighted by Crippen LogP contribution is -2.42. The van der Waals surface area contributed by atoms with Crippen LogP contribution in [0.1, 0.15) is 47.0 Å². The first kappa shape index (κ1) is 19.3. The topological polar surface area (TPSA) is 47.6 Å². The van der Waals surface area contributed by atoms with Gasteiger partial charge in [-0.2, -0.15) is 0 Å². The maximum absolute atomic E-state index is 12.8. The van der Waals surface area contributed by atoms with Crippen molar-refractivity contribution in [1.29, 1.82) is 0 Å². The first-order valence-corrected chi connectivity index (χ1v) is 8.96. The number of benzene rings is 2. The Morgan fingerprint density at radius 3 is 2.44 bits per heavy atom. The standard InChI is InChI=1S/C21H29NO3/c1-6-7-14-21(4,24-5)20(23)22-18-12-13-19(25-15(2)3)17-11-9-8-10-16(17)18/h8-13,15H,6-7,14H2,1-5H3,(H,22,23). The molecule has 25 heavy (non-hydrogen) atoms. The fourth-order valence-corrected chi connectivity index (χ4v) is 2.81. The number of hydrogen-bond donors (Lipinski definition) is 1. The molecule has 0 bridgehead atoms. The van der Waals surface area contributed by atoms with Gasteiger partial charge in [0.2, 0.25) is 0 Å². The number of hydrogen-bond acceptors (Lipinski definition) is 3. The van der Waals surface area contributed by atoms with Gasteiger partial charge in [-0.25, -0.2) is 0 Å². The SMILES string of the molecule is CCCCC(C)(OC)C(=O)Nc1ccc(OC(C)C)c2ccccc12. The average molecular weight is 343 g/mol. The van der Waals surface area contributed by atoms with E-state index in [-0.39, 0.29) is 12.0 Å². The van der Waals surface area contributed by atoms with Gasteiger partial charge in [-0.1, -0.05) is 44.0 Å². The van der Waals surface area contributed by atoms with Crippen LogP contribution in [0, 0.1) is 0 Å². The van der Waals surface area contributed by atoms with E-state index in [1.807, 2.05) is 57.2 Å². The van der Waals surface area contributed by atoms with Gasteiger partial charge in [0.25, 0.3) is 5.91 Å². The minimum atomic E-state index is -0.829. The van der Waals surface area contributed by atoms with E-state index < -0.39 is 5.60 Å². The molecule has 4 nitrogen and oxygen atoms in total. The van der Waals surface area contributed by atoms with Gasteiger partial charge < -0.3 is 14.8 Å². The predicted octanol–water partition coefficient (Wildman–Crippen LogP) is 5.16. The molecule has 0 aliphatic heterocycles. The smallest absolute Gasteiger partial charge is 0.256 e. The van der Waals surface area contributed by atoms with Crippen molar-refractivity contribution in [2.45, 2.75) is 58.7 Å². The van der Waals surface area contributed by atoms with Crippen LogP contribution >= 0.6 is 0 Å². The summed E-state index contributed by atoms with van der Waals surface area (Å²) in [6, 6.07) is 11.7. The molecule has 4 heteroatoms. The number of rotatable bonds is 8. The van der Waals surface area contributed by atoms with Crippen LogP contribution in [0.15, 0.2) is 36.4 Å². The maximum Gasteiger partial charge on any atom is 0.256 e. The highest BCUT2D eigenvalue weighted by Gasteiger charge is 2.32. The second kappa shape index (κ2) is 8.34. The quantitative estimate of drug-likeness (QED) is 0.720. The second-order valence-corrected chi connectivity index (χ2v) is 6.82. The summed E-state index contributed by atoms with van der Waals surface area (Å²) in [5.74, 6) is 0.704. The summed E-state index contributed by atoms with van der Waals surface area (Å²) in [7, 11) is 1.59. The third-order valence-corrected chi connectivity index (χ3v) is 4.43. The third kappa shape index (κ3) is 4.51. The van der Waals surface area contributed by atoms with Gasteiger partial charge in [0.05, 0.1) is 6.10 Å². The van der Waals surface area contributed by atoms with Gasteiger partial charge in [0.1, 0.15) is 11.4 Å². The molecule has 2 aromatic rings. The molecule has 1 unspecified atom stereocenters. The average Bonchev–Trinajstić information content (AvgIpc) is 2.61. The largest absolute Gasteiger partial charge is 0.490 e. The summed E-state index contributed by atoms with van der Waals surface area (Å²) in [6.07, 6.45) is 2.75. The van der Waals surface area contributed by atoms with Crippen LogP contribution in [-0.4, -0.2) is 24.7 Å². The molecule has 0 saturated carbocycles. The van der Waals surface area contributed by atoms with Gasteiger partial charge in [-0.05, 0) is 39.3 Å². The lowest BCUT2D eigenvalue weighted by Gasteiger charge is -2.27. The minimum absolute atomic E-state index is 0.0923. The van der Waals surface area contributed by atoms with E-state index in [0.29, 0.717) is 6.42 Å². The zero-order valence-electron chi connectivity index (χ0n) is 15.9. The van der Waals surface area contributed by atoms with Gasteiger partial charge in [0.15, 0.2) is 0 Å². The number of unbranched alkanes of at least 4 members (excludes halogenated alkanes) is 1. The third-order valence-electron chi connectivity index (χ3n) is 4.43. The molecule has 1 N–H and O–H groups in total. The van der Waals surface area contributed by atoms with E-state index >= 15 is 0 Å². The number of methoxy groups -OCH3 is 1. The van der Waals surface area contributed by atoms with Gasteiger partial charge in [-0.15, -0.1) is 0 Å². The first-order chi connectivity index (χ1) is 11.9. The van der Waals surface area contributed by atoms with Crippen LogP contribution in [0.3, 0.4) is 0 Å². The Bertz CT molecular complexity index is 726. The Hall–Kier alpha value is -2.07. The summed E-state index contributed by atoms with van der Waals surface area (Å²) in [4.78, 5) is 12.8. The lowest BCUT2D eigenvalue weighted by atomic mass is 9.97. The molecule has 2 rings (SSSR count). The van der Waals surface area contributed by atoms with Crippen molar-refractivity contribution in [2.75, 3.05) is 12.4 Å². The fourth-order valence-electron chi connectivity index (χ4n) is 2.81. The number of carbonyl (C=O) groups is 1. The molecule has 0 aliphatic carbocycles. The maximum atomic E-state index is 12.8. The second-order valence-electron chi connectivity index (χ2n) is 6.82. The number of fused-ring (bicyclic) bond motifs is 1. The van der Waals surface area contributed by atoms with Gasteiger partial charge >= 0.3 is 0 Å². The van der Waals surface area contributed by atoms with E-state index in [0.717, 1.165) is 35.1 Å². The van der Waals surface area contributed by atoms with Crippen LogP contribution in [-0.2, 0) is 9.53 Å². The number of carbonyl (C=O) groups excluding carboxylic acids is 1. The summed E-state index contributed by atoms with van der Waals surface area (Å²) in [6.45, 7) is 7.95. The van der Waals surface area contributed by atoms with Crippen molar-refractivity contribution in [3.8, 4) is 5.75 Å². The Balaban J connectivity index is 2.34. The Morgan fingerprint density at radius 1 is 1.16 bits per heavy atom. The molecule has 0 fully saturated rings. The lowest BCUT2D eigenvalue weighted by molar-refractivity contribution is -0.136. The molecular formula is C21H29NO3. The Morgan fingerprint density at radius 2 is 1.84 bits per heavy atom. The summed E-state index contributed by atoms with van der Waals surface area (Å²) in [5, 5.41) is 5.00. The minimum Gasteiger partial charge on any atom is -0.490 e. The molecule has 0 saturated heterocycles. The van der Waals surface area contributed by atoms with E-state index in [2.05, 4.69) is 12.2 Å². The van der Waals surface area contributed by atoms with E-state index in [1.54, 1.807) is 7.11 Å². The molecule has 0 spiro atoms.